The molecule has 1 aliphatic rings. The minimum atomic E-state index is 0.533. The van der Waals surface area contributed by atoms with Gasteiger partial charge >= 0.3 is 0 Å². The average molecular weight is 334 g/mol. The second-order valence-corrected chi connectivity index (χ2v) is 6.35. The van der Waals surface area contributed by atoms with Crippen LogP contribution in [0.5, 0.6) is 0 Å². The van der Waals surface area contributed by atoms with Crippen molar-refractivity contribution in [3.8, 4) is 0 Å². The summed E-state index contributed by atoms with van der Waals surface area (Å²) in [4.78, 5) is 2.43. The Bertz CT molecular complexity index is 792. The molecule has 1 saturated heterocycles. The maximum Gasteiger partial charge on any atom is 0.235 e. The summed E-state index contributed by atoms with van der Waals surface area (Å²) >= 11 is 0. The van der Waals surface area contributed by atoms with Crippen molar-refractivity contribution in [3.63, 3.8) is 0 Å². The predicted octanol–water partition coefficient (Wildman–Crippen LogP) is 3.87. The fourth-order valence-corrected chi connectivity index (χ4v) is 3.14. The lowest BCUT2D eigenvalue weighted by Gasteiger charge is -2.17. The second kappa shape index (κ2) is 7.38. The number of anilines is 2. The van der Waals surface area contributed by atoms with Gasteiger partial charge < -0.3 is 14.6 Å². The smallest absolute Gasteiger partial charge is 0.235 e. The monoisotopic (exact) mass is 334 g/mol. The molecule has 0 unspecified atom stereocenters. The molecule has 0 amide bonds. The van der Waals surface area contributed by atoms with E-state index in [-0.39, 0.29) is 0 Å². The molecule has 0 spiro atoms. The van der Waals surface area contributed by atoms with Gasteiger partial charge in [-0.25, -0.2) is 0 Å². The van der Waals surface area contributed by atoms with Crippen LogP contribution in [0.1, 0.15) is 30.2 Å². The van der Waals surface area contributed by atoms with E-state index in [2.05, 4.69) is 56.8 Å². The first-order chi connectivity index (χ1) is 12.4. The summed E-state index contributed by atoms with van der Waals surface area (Å²) in [5.74, 6) is 1.25. The van der Waals surface area contributed by atoms with Gasteiger partial charge in [0.1, 0.15) is 0 Å². The standard InChI is InChI=1S/C20H22N4O/c1-2-6-16(7-3-1)14-19-22-23-20(25-19)15-21-17-8-10-18(11-9-17)24-12-4-5-13-24/h1-3,6-11,21H,4-5,12-15H2. The fourth-order valence-electron chi connectivity index (χ4n) is 3.14. The van der Waals surface area contributed by atoms with Crippen LogP contribution in [0.4, 0.5) is 11.4 Å². The Kier molecular flexibility index (Phi) is 4.63. The van der Waals surface area contributed by atoms with Crippen LogP contribution < -0.4 is 10.2 Å². The van der Waals surface area contributed by atoms with Crippen LogP contribution in [0.2, 0.25) is 0 Å². The summed E-state index contributed by atoms with van der Waals surface area (Å²) in [6.45, 7) is 2.86. The molecular weight excluding hydrogens is 312 g/mol. The van der Waals surface area contributed by atoms with Crippen molar-refractivity contribution in [2.45, 2.75) is 25.8 Å². The van der Waals surface area contributed by atoms with E-state index in [1.807, 2.05) is 18.2 Å². The first-order valence-corrected chi connectivity index (χ1v) is 8.81. The third-order valence-corrected chi connectivity index (χ3v) is 4.49. The predicted molar refractivity (Wildman–Crippen MR) is 98.8 cm³/mol. The zero-order chi connectivity index (χ0) is 16.9. The molecule has 5 nitrogen and oxygen atoms in total. The molecule has 1 aromatic heterocycles. The Morgan fingerprint density at radius 1 is 0.880 bits per heavy atom. The Morgan fingerprint density at radius 2 is 1.60 bits per heavy atom. The normalized spacial score (nSPS) is 14.0. The maximum atomic E-state index is 5.72. The summed E-state index contributed by atoms with van der Waals surface area (Å²) in [5, 5.41) is 11.6. The summed E-state index contributed by atoms with van der Waals surface area (Å²) in [5.41, 5.74) is 3.53. The summed E-state index contributed by atoms with van der Waals surface area (Å²) in [6, 6.07) is 18.7. The number of benzene rings is 2. The van der Waals surface area contributed by atoms with Gasteiger partial charge in [0.25, 0.3) is 0 Å². The van der Waals surface area contributed by atoms with Crippen molar-refractivity contribution in [2.24, 2.45) is 0 Å². The third-order valence-electron chi connectivity index (χ3n) is 4.49. The molecule has 2 aromatic carbocycles. The molecule has 1 aliphatic heterocycles. The van der Waals surface area contributed by atoms with Crippen molar-refractivity contribution >= 4 is 11.4 Å². The molecule has 1 fully saturated rings. The minimum absolute atomic E-state index is 0.533. The number of hydrogen-bond donors (Lipinski definition) is 1. The molecule has 2 heterocycles. The number of nitrogens with zero attached hydrogens (tertiary/aromatic N) is 3. The van der Waals surface area contributed by atoms with Gasteiger partial charge in [-0.15, -0.1) is 10.2 Å². The van der Waals surface area contributed by atoms with E-state index in [0.717, 1.165) is 5.69 Å². The molecule has 3 aromatic rings. The molecular formula is C20H22N4O. The lowest BCUT2D eigenvalue weighted by molar-refractivity contribution is 0.464. The van der Waals surface area contributed by atoms with Crippen LogP contribution in [-0.4, -0.2) is 23.3 Å². The van der Waals surface area contributed by atoms with E-state index < -0.39 is 0 Å². The Labute approximate surface area is 147 Å². The van der Waals surface area contributed by atoms with Gasteiger partial charge in [-0.05, 0) is 42.7 Å². The van der Waals surface area contributed by atoms with Crippen LogP contribution in [0, 0.1) is 0 Å². The second-order valence-electron chi connectivity index (χ2n) is 6.35. The lowest BCUT2D eigenvalue weighted by atomic mass is 10.2. The highest BCUT2D eigenvalue weighted by Gasteiger charge is 2.12. The first-order valence-electron chi connectivity index (χ1n) is 8.81. The molecule has 25 heavy (non-hydrogen) atoms. The van der Waals surface area contributed by atoms with E-state index in [1.165, 1.54) is 37.2 Å². The van der Waals surface area contributed by atoms with Crippen LogP contribution in [0.25, 0.3) is 0 Å². The molecule has 1 N–H and O–H groups in total. The Hall–Kier alpha value is -2.82. The number of aromatic nitrogens is 2. The quantitative estimate of drug-likeness (QED) is 0.741. The highest BCUT2D eigenvalue weighted by atomic mass is 16.4. The highest BCUT2D eigenvalue weighted by molar-refractivity contribution is 5.55. The molecule has 0 atom stereocenters. The van der Waals surface area contributed by atoms with Gasteiger partial charge in [-0.1, -0.05) is 30.3 Å². The van der Waals surface area contributed by atoms with Gasteiger partial charge in [0.2, 0.25) is 11.8 Å². The van der Waals surface area contributed by atoms with Crippen molar-refractivity contribution in [1.29, 1.82) is 0 Å². The van der Waals surface area contributed by atoms with Gasteiger partial charge in [0, 0.05) is 24.5 Å². The number of rotatable bonds is 6. The summed E-state index contributed by atoms with van der Waals surface area (Å²) in [7, 11) is 0. The van der Waals surface area contributed by atoms with Crippen molar-refractivity contribution in [3.05, 3.63) is 71.9 Å². The van der Waals surface area contributed by atoms with E-state index in [4.69, 9.17) is 4.42 Å². The molecule has 0 radical (unpaired) electrons. The van der Waals surface area contributed by atoms with E-state index in [9.17, 15) is 0 Å². The van der Waals surface area contributed by atoms with E-state index in [1.54, 1.807) is 0 Å². The number of hydrogen-bond acceptors (Lipinski definition) is 5. The van der Waals surface area contributed by atoms with Gasteiger partial charge in [-0.2, -0.15) is 0 Å². The molecule has 4 rings (SSSR count). The minimum Gasteiger partial charge on any atom is -0.423 e. The van der Waals surface area contributed by atoms with Gasteiger partial charge in [0.15, 0.2) is 0 Å². The third kappa shape index (κ3) is 3.99. The van der Waals surface area contributed by atoms with Crippen molar-refractivity contribution in [1.82, 2.24) is 10.2 Å². The molecule has 0 saturated carbocycles. The maximum absolute atomic E-state index is 5.72. The largest absolute Gasteiger partial charge is 0.423 e. The molecule has 0 bridgehead atoms. The summed E-state index contributed by atoms with van der Waals surface area (Å²) in [6.07, 6.45) is 3.25. The van der Waals surface area contributed by atoms with Gasteiger partial charge in [0.05, 0.1) is 13.0 Å². The zero-order valence-corrected chi connectivity index (χ0v) is 14.2. The zero-order valence-electron chi connectivity index (χ0n) is 14.2. The highest BCUT2D eigenvalue weighted by Crippen LogP contribution is 2.22. The Morgan fingerprint density at radius 3 is 2.36 bits per heavy atom. The van der Waals surface area contributed by atoms with Gasteiger partial charge in [-0.3, -0.25) is 0 Å². The Balaban J connectivity index is 1.32. The molecule has 0 aliphatic carbocycles. The summed E-state index contributed by atoms with van der Waals surface area (Å²) < 4.78 is 5.72. The van der Waals surface area contributed by atoms with Crippen LogP contribution >= 0.6 is 0 Å². The molecule has 128 valence electrons. The lowest BCUT2D eigenvalue weighted by Crippen LogP contribution is -2.17. The van der Waals surface area contributed by atoms with E-state index in [0.29, 0.717) is 24.7 Å². The van der Waals surface area contributed by atoms with Crippen molar-refractivity contribution < 1.29 is 4.42 Å². The first kappa shape index (κ1) is 15.7. The van der Waals surface area contributed by atoms with Crippen molar-refractivity contribution in [2.75, 3.05) is 23.3 Å². The van der Waals surface area contributed by atoms with Crippen LogP contribution in [0.3, 0.4) is 0 Å². The van der Waals surface area contributed by atoms with Crippen LogP contribution in [-0.2, 0) is 13.0 Å². The van der Waals surface area contributed by atoms with E-state index >= 15 is 0 Å². The SMILES string of the molecule is c1ccc(Cc2nnc(CNc3ccc(N4CCCC4)cc3)o2)cc1. The molecule has 5 heteroatoms. The topological polar surface area (TPSA) is 54.2 Å². The average Bonchev–Trinajstić information content (AvgIpc) is 3.33. The number of nitrogens with one attached hydrogen (secondary N) is 1. The van der Waals surface area contributed by atoms with Crippen LogP contribution in [0.15, 0.2) is 59.0 Å². The fraction of sp³-hybridized carbons (Fsp3) is 0.300.